The van der Waals surface area contributed by atoms with E-state index in [0.717, 1.165) is 46.5 Å². The van der Waals surface area contributed by atoms with E-state index in [0.29, 0.717) is 34.4 Å². The average molecular weight is 488 g/mol. The summed E-state index contributed by atoms with van der Waals surface area (Å²) in [6, 6.07) is 3.64. The summed E-state index contributed by atoms with van der Waals surface area (Å²) in [4.78, 5) is 12.2. The van der Waals surface area contributed by atoms with E-state index in [9.17, 15) is 4.79 Å². The molecule has 0 saturated heterocycles. The summed E-state index contributed by atoms with van der Waals surface area (Å²) < 4.78 is 28.3. The van der Waals surface area contributed by atoms with E-state index in [4.69, 9.17) is 35.9 Å². The Labute approximate surface area is 206 Å². The largest absolute Gasteiger partial charge is 0.493 e. The highest BCUT2D eigenvalue weighted by Gasteiger charge is 2.36. The molecule has 0 amide bonds. The number of carbonyl (C=O) groups excluding carboxylic acids is 1. The van der Waals surface area contributed by atoms with Gasteiger partial charge in [0, 0.05) is 36.7 Å². The molecule has 2 aromatic rings. The molecule has 184 valence electrons. The molecule has 1 aliphatic heterocycles. The van der Waals surface area contributed by atoms with Gasteiger partial charge < -0.3 is 29.0 Å². The van der Waals surface area contributed by atoms with Crippen molar-refractivity contribution in [3.8, 4) is 28.7 Å². The van der Waals surface area contributed by atoms with Crippen LogP contribution in [0.1, 0.15) is 48.9 Å². The topological polar surface area (TPSA) is 75.3 Å². The molecule has 34 heavy (non-hydrogen) atoms. The van der Waals surface area contributed by atoms with Crippen LogP contribution < -0.4 is 29.0 Å². The summed E-state index contributed by atoms with van der Waals surface area (Å²) in [5.74, 6) is 2.79. The number of methoxy groups -OCH3 is 3. The van der Waals surface area contributed by atoms with Crippen LogP contribution >= 0.6 is 12.2 Å². The van der Waals surface area contributed by atoms with Crippen LogP contribution in [-0.2, 0) is 11.2 Å². The summed E-state index contributed by atoms with van der Waals surface area (Å²) in [5, 5.41) is 3.29. The molecule has 1 N–H and O–H groups in total. The van der Waals surface area contributed by atoms with Crippen molar-refractivity contribution in [2.75, 3.05) is 26.6 Å². The number of fused-ring (bicyclic) bond motifs is 1. The monoisotopic (exact) mass is 487 g/mol. The Morgan fingerprint density at radius 1 is 1.03 bits per heavy atom. The van der Waals surface area contributed by atoms with Crippen molar-refractivity contribution in [2.24, 2.45) is 0 Å². The molecular weight excluding hydrogens is 454 g/mol. The van der Waals surface area contributed by atoms with Crippen molar-refractivity contribution < 1.29 is 28.5 Å². The Morgan fingerprint density at radius 2 is 1.65 bits per heavy atom. The van der Waals surface area contributed by atoms with E-state index in [1.807, 2.05) is 32.9 Å². The van der Waals surface area contributed by atoms with Gasteiger partial charge in [-0.1, -0.05) is 12.2 Å². The van der Waals surface area contributed by atoms with Gasteiger partial charge >= 0.3 is 5.97 Å². The van der Waals surface area contributed by atoms with Crippen LogP contribution in [0.2, 0.25) is 0 Å². The van der Waals surface area contributed by atoms with Crippen LogP contribution in [0.25, 0.3) is 0 Å². The second-order valence-electron chi connectivity index (χ2n) is 8.80. The smallest absolute Gasteiger partial charge is 0.308 e. The summed E-state index contributed by atoms with van der Waals surface area (Å²) in [5.41, 5.74) is 4.19. The molecule has 1 unspecified atom stereocenters. The van der Waals surface area contributed by atoms with E-state index in [-0.39, 0.29) is 5.97 Å². The highest BCUT2D eigenvalue weighted by atomic mass is 32.1. The fraction of sp³-hybridized carbons (Fsp3) is 0.462. The maximum absolute atomic E-state index is 11.6. The van der Waals surface area contributed by atoms with Gasteiger partial charge in [0.25, 0.3) is 0 Å². The molecule has 0 saturated carbocycles. The lowest BCUT2D eigenvalue weighted by atomic mass is 9.85. The minimum atomic E-state index is -0.482. The molecule has 0 aliphatic carbocycles. The zero-order valence-corrected chi connectivity index (χ0v) is 22.0. The number of carbonyl (C=O) groups is 1. The average Bonchev–Trinajstić information content (AvgIpc) is 2.79. The molecule has 0 fully saturated rings. The molecular formula is C26H33NO6S. The molecule has 7 nitrogen and oxygen atoms in total. The van der Waals surface area contributed by atoms with Gasteiger partial charge in [0.15, 0.2) is 11.5 Å². The number of hydrogen-bond donors (Lipinski definition) is 1. The van der Waals surface area contributed by atoms with Gasteiger partial charge in [-0.2, -0.15) is 0 Å². The first-order valence-electron chi connectivity index (χ1n) is 11.1. The second-order valence-corrected chi connectivity index (χ2v) is 9.29. The Kier molecular flexibility index (Phi) is 7.60. The maximum atomic E-state index is 11.6. The van der Waals surface area contributed by atoms with E-state index < -0.39 is 5.60 Å². The minimum absolute atomic E-state index is 0.324. The molecule has 0 aromatic heterocycles. The van der Waals surface area contributed by atoms with Crippen molar-refractivity contribution in [1.82, 2.24) is 0 Å². The number of thiocarbonyl (C=S) groups is 1. The van der Waals surface area contributed by atoms with Gasteiger partial charge in [0.1, 0.15) is 17.1 Å². The Hall–Kier alpha value is -3.00. The van der Waals surface area contributed by atoms with Gasteiger partial charge in [-0.25, -0.2) is 0 Å². The van der Waals surface area contributed by atoms with Crippen molar-refractivity contribution >= 4 is 28.9 Å². The maximum Gasteiger partial charge on any atom is 0.308 e. The number of ether oxygens (including phenoxy) is 5. The van der Waals surface area contributed by atoms with E-state index in [1.54, 1.807) is 21.3 Å². The second kappa shape index (κ2) is 10.1. The zero-order valence-electron chi connectivity index (χ0n) is 21.1. The van der Waals surface area contributed by atoms with Crippen molar-refractivity contribution in [3.63, 3.8) is 0 Å². The van der Waals surface area contributed by atoms with Gasteiger partial charge in [-0.05, 0) is 57.2 Å². The Morgan fingerprint density at radius 3 is 2.18 bits per heavy atom. The Balaban J connectivity index is 1.82. The van der Waals surface area contributed by atoms with Gasteiger partial charge in [-0.3, -0.25) is 4.79 Å². The van der Waals surface area contributed by atoms with Crippen LogP contribution in [0.5, 0.6) is 28.7 Å². The SMILES string of the molecule is COc1cc(NC(=S)CC2(C)CCc3c(C)c(OC(C)=O)c(C)c(C)c3O2)cc(OC)c1OC. The molecule has 1 heterocycles. The Bertz CT molecular complexity index is 1100. The quantitative estimate of drug-likeness (QED) is 0.313. The van der Waals surface area contributed by atoms with Crippen molar-refractivity contribution in [1.29, 1.82) is 0 Å². The molecule has 2 aromatic carbocycles. The molecule has 0 radical (unpaired) electrons. The molecule has 0 spiro atoms. The number of benzene rings is 2. The normalized spacial score (nSPS) is 16.7. The highest BCUT2D eigenvalue weighted by Crippen LogP contribution is 2.45. The lowest BCUT2D eigenvalue weighted by Gasteiger charge is -2.38. The van der Waals surface area contributed by atoms with E-state index in [1.165, 1.54) is 6.92 Å². The van der Waals surface area contributed by atoms with Gasteiger partial charge in [-0.15, -0.1) is 0 Å². The molecule has 1 aliphatic rings. The number of esters is 1. The summed E-state index contributed by atoms with van der Waals surface area (Å²) >= 11 is 5.70. The van der Waals surface area contributed by atoms with Crippen LogP contribution in [-0.4, -0.2) is 37.9 Å². The third-order valence-electron chi connectivity index (χ3n) is 6.29. The van der Waals surface area contributed by atoms with Crippen molar-refractivity contribution in [3.05, 3.63) is 34.4 Å². The lowest BCUT2D eigenvalue weighted by molar-refractivity contribution is -0.132. The first-order valence-corrected chi connectivity index (χ1v) is 11.5. The van der Waals surface area contributed by atoms with Crippen LogP contribution in [0.3, 0.4) is 0 Å². The van der Waals surface area contributed by atoms with Gasteiger partial charge in [0.05, 0.1) is 26.3 Å². The van der Waals surface area contributed by atoms with E-state index >= 15 is 0 Å². The minimum Gasteiger partial charge on any atom is -0.493 e. The first kappa shape index (κ1) is 25.6. The predicted molar refractivity (Wildman–Crippen MR) is 136 cm³/mol. The number of rotatable bonds is 7. The van der Waals surface area contributed by atoms with E-state index in [2.05, 4.69) is 12.2 Å². The summed E-state index contributed by atoms with van der Waals surface area (Å²) in [7, 11) is 4.72. The van der Waals surface area contributed by atoms with Crippen LogP contribution in [0.15, 0.2) is 12.1 Å². The number of hydrogen-bond acceptors (Lipinski definition) is 7. The van der Waals surface area contributed by atoms with Crippen LogP contribution in [0.4, 0.5) is 5.69 Å². The third-order valence-corrected chi connectivity index (χ3v) is 6.54. The zero-order chi connectivity index (χ0) is 25.2. The van der Waals surface area contributed by atoms with Crippen molar-refractivity contribution in [2.45, 2.75) is 59.5 Å². The summed E-state index contributed by atoms with van der Waals surface area (Å²) in [6.07, 6.45) is 2.11. The van der Waals surface area contributed by atoms with Crippen LogP contribution in [0, 0.1) is 20.8 Å². The number of nitrogens with one attached hydrogen (secondary N) is 1. The molecule has 8 heteroatoms. The van der Waals surface area contributed by atoms with Gasteiger partial charge in [0.2, 0.25) is 5.75 Å². The fourth-order valence-corrected chi connectivity index (χ4v) is 4.82. The predicted octanol–water partition coefficient (Wildman–Crippen LogP) is 5.48. The first-order chi connectivity index (χ1) is 16.0. The molecule has 0 bridgehead atoms. The fourth-order valence-electron chi connectivity index (χ4n) is 4.40. The summed E-state index contributed by atoms with van der Waals surface area (Å²) in [6.45, 7) is 9.42. The molecule has 3 rings (SSSR count). The third kappa shape index (κ3) is 5.06. The lowest BCUT2D eigenvalue weighted by Crippen LogP contribution is -2.40. The molecule has 1 atom stereocenters. The number of anilines is 1. The standard InChI is InChI=1S/C26H33NO6S/c1-14-15(2)24-19(16(3)23(14)32-17(4)28)9-10-26(5,33-24)13-22(34)27-18-11-20(29-6)25(31-8)21(12-18)30-7/h11-12H,9-10,13H2,1-8H3,(H,27,34). The highest BCUT2D eigenvalue weighted by molar-refractivity contribution is 7.80.